The summed E-state index contributed by atoms with van der Waals surface area (Å²) in [6.07, 6.45) is 1.82. The van der Waals surface area contributed by atoms with Gasteiger partial charge in [-0.1, -0.05) is 30.3 Å². The highest BCUT2D eigenvalue weighted by atomic mass is 32.2. The molecule has 8 nitrogen and oxygen atoms in total. The molecule has 0 amide bonds. The maximum Gasteiger partial charge on any atom is 0.332 e. The van der Waals surface area contributed by atoms with Crippen molar-refractivity contribution in [3.63, 3.8) is 0 Å². The normalized spacial score (nSPS) is 16.6. The molecule has 2 aromatic carbocycles. The first-order valence-electron chi connectivity index (χ1n) is 12.4. The largest absolute Gasteiger partial charge is 0.489 e. The van der Waals surface area contributed by atoms with E-state index in [4.69, 9.17) is 18.9 Å². The maximum atomic E-state index is 12.9. The maximum absolute atomic E-state index is 12.9. The Hall–Kier alpha value is -2.62. The third-order valence-corrected chi connectivity index (χ3v) is 7.26. The molecule has 2 aromatic rings. The van der Waals surface area contributed by atoms with E-state index in [1.165, 1.54) is 0 Å². The molecule has 1 aliphatic rings. The first-order chi connectivity index (χ1) is 17.2. The molecule has 1 heterocycles. The van der Waals surface area contributed by atoms with E-state index < -0.39 is 21.6 Å². The highest BCUT2D eigenvalue weighted by molar-refractivity contribution is 7.89. The molecule has 1 N–H and O–H groups in total. The lowest BCUT2D eigenvalue weighted by molar-refractivity contribution is -0.148. The van der Waals surface area contributed by atoms with E-state index in [0.717, 1.165) is 11.1 Å². The fourth-order valence-corrected chi connectivity index (χ4v) is 5.60. The van der Waals surface area contributed by atoms with Gasteiger partial charge in [-0.05, 0) is 63.8 Å². The molecule has 1 atom stereocenters. The minimum atomic E-state index is -3.52. The number of unbranched alkanes of at least 4 members (excludes halogenated alkanes) is 1. The van der Waals surface area contributed by atoms with Crippen molar-refractivity contribution in [3.8, 4) is 11.5 Å². The van der Waals surface area contributed by atoms with Crippen molar-refractivity contribution in [2.75, 3.05) is 32.1 Å². The van der Waals surface area contributed by atoms with Crippen molar-refractivity contribution in [2.24, 2.45) is 0 Å². The van der Waals surface area contributed by atoms with Crippen molar-refractivity contribution in [3.05, 3.63) is 59.7 Å². The molecule has 1 unspecified atom stereocenters. The van der Waals surface area contributed by atoms with Gasteiger partial charge in [-0.2, -0.15) is 0 Å². The lowest BCUT2D eigenvalue weighted by Gasteiger charge is -2.37. The van der Waals surface area contributed by atoms with Crippen molar-refractivity contribution in [1.29, 1.82) is 0 Å². The van der Waals surface area contributed by atoms with Gasteiger partial charge in [-0.3, -0.25) is 0 Å². The third-order valence-electron chi connectivity index (χ3n) is 5.78. The van der Waals surface area contributed by atoms with Crippen LogP contribution >= 0.6 is 0 Å². The summed E-state index contributed by atoms with van der Waals surface area (Å²) in [7, 11) is -3.52. The Bertz CT molecular complexity index is 1090. The standard InChI is InChI=1S/C27H37NO7S/c1-4-33-26(29)19-32-15-9-8-14-28-36(30,31)20-22-17-27(2,3)35-25-13-12-23(16-24(22)25)34-18-21-10-6-5-7-11-21/h5-7,10-13,16,22,28H,4,8-9,14-15,17-20H2,1-3H3. The zero-order valence-electron chi connectivity index (χ0n) is 21.3. The summed E-state index contributed by atoms with van der Waals surface area (Å²) in [6.45, 7) is 7.02. The van der Waals surface area contributed by atoms with Crippen LogP contribution in [0.3, 0.4) is 0 Å². The van der Waals surface area contributed by atoms with Gasteiger partial charge in [-0.25, -0.2) is 17.9 Å². The van der Waals surface area contributed by atoms with Gasteiger partial charge >= 0.3 is 5.97 Å². The van der Waals surface area contributed by atoms with Crippen molar-refractivity contribution < 1.29 is 32.2 Å². The Morgan fingerprint density at radius 1 is 1.14 bits per heavy atom. The molecule has 1 aliphatic heterocycles. The molecule has 0 saturated carbocycles. The van der Waals surface area contributed by atoms with Crippen LogP contribution < -0.4 is 14.2 Å². The molecule has 0 radical (unpaired) electrons. The topological polar surface area (TPSA) is 100 Å². The number of carbonyl (C=O) groups is 1. The fourth-order valence-electron chi connectivity index (χ4n) is 4.20. The molecule has 0 saturated heterocycles. The first kappa shape index (κ1) is 28.0. The van der Waals surface area contributed by atoms with Gasteiger partial charge in [0.2, 0.25) is 10.0 Å². The average molecular weight is 520 g/mol. The monoisotopic (exact) mass is 519 g/mol. The number of fused-ring (bicyclic) bond motifs is 1. The lowest BCUT2D eigenvalue weighted by atomic mass is 9.85. The number of nitrogens with one attached hydrogen (secondary N) is 1. The zero-order chi connectivity index (χ0) is 26.0. The summed E-state index contributed by atoms with van der Waals surface area (Å²) in [6, 6.07) is 15.5. The van der Waals surface area contributed by atoms with Gasteiger partial charge in [-0.15, -0.1) is 0 Å². The summed E-state index contributed by atoms with van der Waals surface area (Å²) >= 11 is 0. The Morgan fingerprint density at radius 2 is 1.92 bits per heavy atom. The van der Waals surface area contributed by atoms with Gasteiger partial charge < -0.3 is 18.9 Å². The molecule has 9 heteroatoms. The molecular weight excluding hydrogens is 482 g/mol. The predicted molar refractivity (Wildman–Crippen MR) is 138 cm³/mol. The molecule has 36 heavy (non-hydrogen) atoms. The van der Waals surface area contributed by atoms with Gasteiger partial charge in [0, 0.05) is 24.6 Å². The van der Waals surface area contributed by atoms with E-state index in [1.807, 2.05) is 62.4 Å². The molecule has 3 rings (SSSR count). The second kappa shape index (κ2) is 13.1. The van der Waals surface area contributed by atoms with Gasteiger partial charge in [0.05, 0.1) is 12.4 Å². The summed E-state index contributed by atoms with van der Waals surface area (Å²) in [5.74, 6) is 0.714. The van der Waals surface area contributed by atoms with E-state index in [1.54, 1.807) is 6.92 Å². The summed E-state index contributed by atoms with van der Waals surface area (Å²) in [5, 5.41) is 0. The average Bonchev–Trinajstić information content (AvgIpc) is 2.82. The quantitative estimate of drug-likeness (QED) is 0.295. The van der Waals surface area contributed by atoms with Gasteiger partial charge in [0.25, 0.3) is 0 Å². The molecule has 0 spiro atoms. The summed E-state index contributed by atoms with van der Waals surface area (Å²) < 4.78 is 50.6. The van der Waals surface area contributed by atoms with Crippen molar-refractivity contribution in [2.45, 2.75) is 58.2 Å². The smallest absolute Gasteiger partial charge is 0.332 e. The number of hydrogen-bond donors (Lipinski definition) is 1. The number of rotatable bonds is 14. The molecular formula is C27H37NO7S. The van der Waals surface area contributed by atoms with E-state index in [0.29, 0.717) is 57.1 Å². The summed E-state index contributed by atoms with van der Waals surface area (Å²) in [5.41, 5.74) is 1.43. The Balaban J connectivity index is 1.54. The Kier molecular flexibility index (Phi) is 10.2. The van der Waals surface area contributed by atoms with Crippen LogP contribution in [0.5, 0.6) is 11.5 Å². The number of hydrogen-bond acceptors (Lipinski definition) is 7. The van der Waals surface area contributed by atoms with Crippen LogP contribution in [0.25, 0.3) is 0 Å². The van der Waals surface area contributed by atoms with Crippen LogP contribution in [-0.2, 0) is 30.9 Å². The van der Waals surface area contributed by atoms with Crippen LogP contribution in [0.1, 0.15) is 57.1 Å². The van der Waals surface area contributed by atoms with Crippen LogP contribution in [0.15, 0.2) is 48.5 Å². The van der Waals surface area contributed by atoms with Gasteiger partial charge in [0.1, 0.15) is 30.3 Å². The number of ether oxygens (including phenoxy) is 4. The highest BCUT2D eigenvalue weighted by Crippen LogP contribution is 2.43. The zero-order valence-corrected chi connectivity index (χ0v) is 22.1. The number of carbonyl (C=O) groups excluding carboxylic acids is 1. The molecule has 198 valence electrons. The van der Waals surface area contributed by atoms with Crippen LogP contribution in [0, 0.1) is 0 Å². The lowest BCUT2D eigenvalue weighted by Crippen LogP contribution is -2.39. The van der Waals surface area contributed by atoms with E-state index >= 15 is 0 Å². The Labute approximate surface area is 214 Å². The van der Waals surface area contributed by atoms with E-state index in [-0.39, 0.29) is 18.3 Å². The summed E-state index contributed by atoms with van der Waals surface area (Å²) in [4.78, 5) is 11.3. The highest BCUT2D eigenvalue weighted by Gasteiger charge is 2.36. The fraction of sp³-hybridized carbons (Fsp3) is 0.519. The number of sulfonamides is 1. The predicted octanol–water partition coefficient (Wildman–Crippen LogP) is 4.19. The van der Waals surface area contributed by atoms with Crippen molar-refractivity contribution >= 4 is 16.0 Å². The van der Waals surface area contributed by atoms with Crippen LogP contribution in [-0.4, -0.2) is 52.1 Å². The van der Waals surface area contributed by atoms with Crippen molar-refractivity contribution in [1.82, 2.24) is 4.72 Å². The first-order valence-corrected chi connectivity index (χ1v) is 14.0. The van der Waals surface area contributed by atoms with Gasteiger partial charge in [0.15, 0.2) is 0 Å². The molecule has 0 bridgehead atoms. The molecule has 0 aliphatic carbocycles. The molecule has 0 aromatic heterocycles. The second-order valence-corrected chi connectivity index (χ2v) is 11.3. The van der Waals surface area contributed by atoms with E-state index in [9.17, 15) is 13.2 Å². The second-order valence-electron chi connectivity index (χ2n) is 9.48. The Morgan fingerprint density at radius 3 is 2.67 bits per heavy atom. The minimum Gasteiger partial charge on any atom is -0.489 e. The molecule has 0 fully saturated rings. The van der Waals surface area contributed by atoms with E-state index in [2.05, 4.69) is 4.72 Å². The van der Waals surface area contributed by atoms with Crippen LogP contribution in [0.2, 0.25) is 0 Å². The van der Waals surface area contributed by atoms with Crippen LogP contribution in [0.4, 0.5) is 0 Å². The number of benzene rings is 2. The third kappa shape index (κ3) is 9.11. The minimum absolute atomic E-state index is 0.0334. The number of esters is 1. The SMILES string of the molecule is CCOC(=O)COCCCCNS(=O)(=O)CC1CC(C)(C)Oc2ccc(OCc3ccccc3)cc21.